The second-order valence-electron chi connectivity index (χ2n) is 6.86. The first kappa shape index (κ1) is 16.1. The summed E-state index contributed by atoms with van der Waals surface area (Å²) < 4.78 is 0. The monoisotopic (exact) mass is 296 g/mol. The van der Waals surface area contributed by atoms with Crippen LogP contribution in [0.15, 0.2) is 0 Å². The number of carboxylic acids is 1. The molecule has 0 aliphatic heterocycles. The quantitative estimate of drug-likeness (QED) is 0.819. The fourth-order valence-electron chi connectivity index (χ4n) is 3.34. The number of hydrogen-bond acceptors (Lipinski definition) is 2. The van der Waals surface area contributed by atoms with Gasteiger partial charge in [0, 0.05) is 13.1 Å². The Kier molecular flexibility index (Phi) is 4.79. The second kappa shape index (κ2) is 6.24. The van der Waals surface area contributed by atoms with Crippen LogP contribution < -0.4 is 5.32 Å². The van der Waals surface area contributed by atoms with E-state index in [1.165, 1.54) is 12.8 Å². The van der Waals surface area contributed by atoms with Gasteiger partial charge in [0.05, 0.1) is 0 Å². The molecule has 2 amide bonds. The predicted molar refractivity (Wildman–Crippen MR) is 81.1 cm³/mol. The van der Waals surface area contributed by atoms with Gasteiger partial charge in [-0.15, -0.1) is 0 Å². The molecule has 2 aliphatic rings. The summed E-state index contributed by atoms with van der Waals surface area (Å²) >= 11 is 0. The standard InChI is InChI=1S/C16H28N2O3/c1-4-12-7-9-16(10-8-12,14(19)20)17-15(21)18(3)11(2)13-5-6-13/h11-13H,4-10H2,1-3H3,(H,17,21)(H,19,20). The third-order valence-electron chi connectivity index (χ3n) is 5.53. The molecule has 0 aromatic carbocycles. The molecule has 2 N–H and O–H groups in total. The molecule has 1 atom stereocenters. The van der Waals surface area contributed by atoms with Crippen molar-refractivity contribution in [3.63, 3.8) is 0 Å². The van der Waals surface area contributed by atoms with Crippen LogP contribution in [0.5, 0.6) is 0 Å². The van der Waals surface area contributed by atoms with Crippen LogP contribution in [0.2, 0.25) is 0 Å². The van der Waals surface area contributed by atoms with E-state index in [0.717, 1.165) is 19.3 Å². The van der Waals surface area contributed by atoms with Crippen molar-refractivity contribution in [3.05, 3.63) is 0 Å². The lowest BCUT2D eigenvalue weighted by Gasteiger charge is -2.39. The van der Waals surface area contributed by atoms with Crippen molar-refractivity contribution in [1.29, 1.82) is 0 Å². The first-order chi connectivity index (χ1) is 9.89. The van der Waals surface area contributed by atoms with Crippen LogP contribution in [-0.4, -0.2) is 40.6 Å². The van der Waals surface area contributed by atoms with Gasteiger partial charge in [-0.2, -0.15) is 0 Å². The van der Waals surface area contributed by atoms with Crippen LogP contribution in [0.25, 0.3) is 0 Å². The molecule has 0 heterocycles. The summed E-state index contributed by atoms with van der Waals surface area (Å²) in [5, 5.41) is 12.4. The normalized spacial score (nSPS) is 30.5. The molecule has 120 valence electrons. The maximum atomic E-state index is 12.4. The lowest BCUT2D eigenvalue weighted by Crippen LogP contribution is -2.59. The van der Waals surface area contributed by atoms with E-state index < -0.39 is 11.5 Å². The number of hydrogen-bond donors (Lipinski definition) is 2. The van der Waals surface area contributed by atoms with Crippen molar-refractivity contribution in [2.45, 2.75) is 70.4 Å². The number of rotatable bonds is 5. The van der Waals surface area contributed by atoms with Gasteiger partial charge >= 0.3 is 12.0 Å². The molecule has 0 radical (unpaired) electrons. The van der Waals surface area contributed by atoms with E-state index in [1.807, 2.05) is 6.92 Å². The number of nitrogens with zero attached hydrogens (tertiary/aromatic N) is 1. The van der Waals surface area contributed by atoms with Crippen molar-refractivity contribution in [2.75, 3.05) is 7.05 Å². The molecule has 2 fully saturated rings. The zero-order valence-corrected chi connectivity index (χ0v) is 13.4. The minimum Gasteiger partial charge on any atom is -0.480 e. The highest BCUT2D eigenvalue weighted by Crippen LogP contribution is 2.36. The maximum absolute atomic E-state index is 12.4. The molecule has 2 aliphatic carbocycles. The number of nitrogens with one attached hydrogen (secondary N) is 1. The van der Waals surface area contributed by atoms with Gasteiger partial charge in [-0.3, -0.25) is 0 Å². The van der Waals surface area contributed by atoms with E-state index in [9.17, 15) is 14.7 Å². The number of carboxylic acid groups (broad SMARTS) is 1. The van der Waals surface area contributed by atoms with Crippen LogP contribution in [0.3, 0.4) is 0 Å². The van der Waals surface area contributed by atoms with Gasteiger partial charge in [0.1, 0.15) is 5.54 Å². The molecule has 0 bridgehead atoms. The van der Waals surface area contributed by atoms with Gasteiger partial charge in [0.2, 0.25) is 0 Å². The smallest absolute Gasteiger partial charge is 0.329 e. The molecule has 0 aromatic rings. The highest BCUT2D eigenvalue weighted by Gasteiger charge is 2.44. The summed E-state index contributed by atoms with van der Waals surface area (Å²) in [5.74, 6) is 0.285. The van der Waals surface area contributed by atoms with Crippen LogP contribution in [0.4, 0.5) is 4.79 Å². The Bertz CT molecular complexity index is 398. The van der Waals surface area contributed by atoms with E-state index >= 15 is 0 Å². The number of carbonyl (C=O) groups excluding carboxylic acids is 1. The molecule has 21 heavy (non-hydrogen) atoms. The Labute approximate surface area is 127 Å². The molecule has 2 saturated carbocycles. The molecule has 1 unspecified atom stereocenters. The summed E-state index contributed by atoms with van der Waals surface area (Å²) in [6.45, 7) is 4.18. The summed E-state index contributed by atoms with van der Waals surface area (Å²) in [6, 6.07) is -0.0606. The number of carbonyl (C=O) groups is 2. The minimum atomic E-state index is -1.07. The summed E-state index contributed by atoms with van der Waals surface area (Å²) in [4.78, 5) is 25.8. The highest BCUT2D eigenvalue weighted by atomic mass is 16.4. The first-order valence-corrected chi connectivity index (χ1v) is 8.18. The van der Waals surface area contributed by atoms with Gasteiger partial charge < -0.3 is 15.3 Å². The van der Waals surface area contributed by atoms with Crippen LogP contribution in [-0.2, 0) is 4.79 Å². The van der Waals surface area contributed by atoms with Gasteiger partial charge in [0.15, 0.2) is 0 Å². The van der Waals surface area contributed by atoms with Gasteiger partial charge in [-0.05, 0) is 57.3 Å². The third-order valence-corrected chi connectivity index (χ3v) is 5.53. The van der Waals surface area contributed by atoms with E-state index in [0.29, 0.717) is 24.7 Å². The van der Waals surface area contributed by atoms with Crippen molar-refractivity contribution < 1.29 is 14.7 Å². The zero-order valence-electron chi connectivity index (χ0n) is 13.4. The molecule has 0 aromatic heterocycles. The molecular formula is C16H28N2O3. The average molecular weight is 296 g/mol. The van der Waals surface area contributed by atoms with Crippen molar-refractivity contribution in [2.24, 2.45) is 11.8 Å². The minimum absolute atomic E-state index is 0.183. The molecule has 0 saturated heterocycles. The lowest BCUT2D eigenvalue weighted by molar-refractivity contribution is -0.146. The van der Waals surface area contributed by atoms with E-state index in [1.54, 1.807) is 11.9 Å². The van der Waals surface area contributed by atoms with Crippen molar-refractivity contribution >= 4 is 12.0 Å². The van der Waals surface area contributed by atoms with E-state index in [2.05, 4.69) is 12.2 Å². The average Bonchev–Trinajstić information content (AvgIpc) is 3.30. The van der Waals surface area contributed by atoms with E-state index in [-0.39, 0.29) is 12.1 Å². The topological polar surface area (TPSA) is 69.6 Å². The molecular weight excluding hydrogens is 268 g/mol. The van der Waals surface area contributed by atoms with Gasteiger partial charge in [0.25, 0.3) is 0 Å². The Morgan fingerprint density at radius 1 is 1.29 bits per heavy atom. The van der Waals surface area contributed by atoms with Crippen LogP contribution in [0.1, 0.15) is 58.8 Å². The Hall–Kier alpha value is -1.26. The third kappa shape index (κ3) is 3.50. The summed E-state index contributed by atoms with van der Waals surface area (Å²) in [7, 11) is 1.77. The van der Waals surface area contributed by atoms with Crippen molar-refractivity contribution in [3.8, 4) is 0 Å². The summed E-state index contributed by atoms with van der Waals surface area (Å²) in [6.07, 6.45) is 6.26. The predicted octanol–water partition coefficient (Wildman–Crippen LogP) is 2.85. The largest absolute Gasteiger partial charge is 0.480 e. The molecule has 5 heteroatoms. The SMILES string of the molecule is CCC1CCC(NC(=O)N(C)C(C)C2CC2)(C(=O)O)CC1. The summed E-state index contributed by atoms with van der Waals surface area (Å²) in [5.41, 5.74) is -1.07. The maximum Gasteiger partial charge on any atom is 0.329 e. The highest BCUT2D eigenvalue weighted by molar-refractivity contribution is 5.86. The zero-order chi connectivity index (χ0) is 15.6. The number of amides is 2. The fourth-order valence-corrected chi connectivity index (χ4v) is 3.34. The van der Waals surface area contributed by atoms with Gasteiger partial charge in [-0.25, -0.2) is 9.59 Å². The molecule has 0 spiro atoms. The Balaban J connectivity index is 1.99. The van der Waals surface area contributed by atoms with E-state index in [4.69, 9.17) is 0 Å². The molecule has 2 rings (SSSR count). The second-order valence-corrected chi connectivity index (χ2v) is 6.86. The number of aliphatic carboxylic acids is 1. The van der Waals surface area contributed by atoms with Crippen LogP contribution >= 0.6 is 0 Å². The number of urea groups is 1. The lowest BCUT2D eigenvalue weighted by atomic mass is 9.75. The van der Waals surface area contributed by atoms with Crippen molar-refractivity contribution in [1.82, 2.24) is 10.2 Å². The Morgan fingerprint density at radius 2 is 1.86 bits per heavy atom. The Morgan fingerprint density at radius 3 is 2.29 bits per heavy atom. The first-order valence-electron chi connectivity index (χ1n) is 8.18. The molecule has 5 nitrogen and oxygen atoms in total. The van der Waals surface area contributed by atoms with Crippen LogP contribution in [0, 0.1) is 11.8 Å². The van der Waals surface area contributed by atoms with Gasteiger partial charge in [-0.1, -0.05) is 13.3 Å². The fraction of sp³-hybridized carbons (Fsp3) is 0.875.